The number of phenols is 1. The number of nitrogens with one attached hydrogen (secondary N) is 1. The van der Waals surface area contributed by atoms with Gasteiger partial charge in [0.1, 0.15) is 5.75 Å². The summed E-state index contributed by atoms with van der Waals surface area (Å²) in [6.07, 6.45) is -4.57. The number of primary amides is 1. The van der Waals surface area contributed by atoms with E-state index in [1.807, 2.05) is 0 Å². The maximum absolute atomic E-state index is 12.9. The first-order valence-electron chi connectivity index (χ1n) is 7.93. The van der Waals surface area contributed by atoms with Gasteiger partial charge in [0, 0.05) is 6.54 Å². The largest absolute Gasteiger partial charge is 0.507 e. The van der Waals surface area contributed by atoms with Gasteiger partial charge in [0.15, 0.2) is 0 Å². The van der Waals surface area contributed by atoms with Gasteiger partial charge in [-0.2, -0.15) is 0 Å². The predicted molar refractivity (Wildman–Crippen MR) is 93.4 cm³/mol. The number of carbonyl (C=O) groups is 2. The van der Waals surface area contributed by atoms with Crippen molar-refractivity contribution in [3.05, 3.63) is 59.2 Å². The van der Waals surface area contributed by atoms with Crippen LogP contribution in [0.2, 0.25) is 0 Å². The molecule has 27 heavy (non-hydrogen) atoms. The van der Waals surface area contributed by atoms with Gasteiger partial charge < -0.3 is 16.2 Å². The van der Waals surface area contributed by atoms with Crippen molar-refractivity contribution in [1.82, 2.24) is 5.32 Å². The highest BCUT2D eigenvalue weighted by atomic mass is 19.4. The number of urea groups is 1. The summed E-state index contributed by atoms with van der Waals surface area (Å²) >= 11 is 0. The van der Waals surface area contributed by atoms with E-state index in [1.54, 1.807) is 19.1 Å². The van der Waals surface area contributed by atoms with Gasteiger partial charge in [-0.1, -0.05) is 18.2 Å². The highest BCUT2D eigenvalue weighted by molar-refractivity contribution is 5.96. The van der Waals surface area contributed by atoms with Crippen molar-refractivity contribution in [2.75, 3.05) is 11.4 Å². The number of phenolic OH excluding ortho intramolecular Hbond substituents is 1. The Morgan fingerprint density at radius 3 is 2.41 bits per heavy atom. The molecule has 6 nitrogen and oxygen atoms in total. The van der Waals surface area contributed by atoms with Crippen LogP contribution in [0.3, 0.4) is 0 Å². The molecule has 0 radical (unpaired) electrons. The minimum atomic E-state index is -4.93. The molecule has 0 aliphatic carbocycles. The maximum atomic E-state index is 12.9. The number of benzene rings is 2. The number of carbonyl (C=O) groups excluding carboxylic acids is 2. The normalized spacial score (nSPS) is 11.1. The van der Waals surface area contributed by atoms with Gasteiger partial charge in [0.25, 0.3) is 5.91 Å². The van der Waals surface area contributed by atoms with Gasteiger partial charge in [-0.3, -0.25) is 4.79 Å². The van der Waals surface area contributed by atoms with Crippen LogP contribution in [0.15, 0.2) is 42.5 Å². The van der Waals surface area contributed by atoms with Crippen LogP contribution in [0.5, 0.6) is 5.75 Å². The predicted octanol–water partition coefficient (Wildman–Crippen LogP) is 3.08. The number of amides is 3. The summed E-state index contributed by atoms with van der Waals surface area (Å²) in [5.41, 5.74) is 5.79. The molecule has 4 N–H and O–H groups in total. The lowest BCUT2D eigenvalue weighted by Crippen LogP contribution is -2.46. The van der Waals surface area contributed by atoms with Gasteiger partial charge >= 0.3 is 12.3 Å². The van der Waals surface area contributed by atoms with E-state index in [1.165, 1.54) is 24.3 Å². The number of anilines is 1. The molecule has 0 bridgehead atoms. The molecule has 0 heterocycles. The first-order valence-corrected chi connectivity index (χ1v) is 7.93. The van der Waals surface area contributed by atoms with Crippen molar-refractivity contribution in [2.24, 2.45) is 5.73 Å². The highest BCUT2D eigenvalue weighted by Crippen LogP contribution is 2.29. The molecule has 2 aromatic carbocycles. The second-order valence-corrected chi connectivity index (χ2v) is 5.78. The average molecular weight is 381 g/mol. The van der Waals surface area contributed by atoms with Crippen LogP contribution < -0.4 is 16.0 Å². The molecule has 2 aromatic rings. The first-order chi connectivity index (χ1) is 12.6. The number of rotatable bonds is 5. The standard InChI is InChI=1S/C18H18F3N3O3/c1-11-10-13(24(17(22)27)18(19,20)21)7-6-12(11)8-9-23-16(26)14-4-2-3-5-15(14)25/h2-7,10,25H,8-9H2,1H3,(H2,22,27)(H,23,26). The van der Waals surface area contributed by atoms with E-state index in [-0.39, 0.29) is 23.5 Å². The van der Waals surface area contributed by atoms with Crippen LogP contribution in [0.4, 0.5) is 23.7 Å². The van der Waals surface area contributed by atoms with Crippen LogP contribution >= 0.6 is 0 Å². The first kappa shape index (κ1) is 20.1. The summed E-state index contributed by atoms with van der Waals surface area (Å²) in [5, 5.41) is 12.3. The topological polar surface area (TPSA) is 95.7 Å². The zero-order valence-corrected chi connectivity index (χ0v) is 14.4. The monoisotopic (exact) mass is 381 g/mol. The minimum absolute atomic E-state index is 0.131. The van der Waals surface area contributed by atoms with Crippen LogP contribution in [0.1, 0.15) is 21.5 Å². The lowest BCUT2D eigenvalue weighted by atomic mass is 10.0. The molecule has 2 rings (SSSR count). The summed E-state index contributed by atoms with van der Waals surface area (Å²) in [5.74, 6) is -0.603. The number of aromatic hydroxyl groups is 1. The van der Waals surface area contributed by atoms with Gasteiger partial charge in [-0.25, -0.2) is 9.69 Å². The Labute approximate surface area is 153 Å². The molecule has 0 saturated heterocycles. The Hall–Kier alpha value is -3.23. The average Bonchev–Trinajstić information content (AvgIpc) is 2.55. The van der Waals surface area contributed by atoms with Gasteiger partial charge in [-0.15, -0.1) is 13.2 Å². The molecule has 9 heteroatoms. The number of para-hydroxylation sites is 1. The van der Waals surface area contributed by atoms with Gasteiger partial charge in [-0.05, 0) is 48.7 Å². The quantitative estimate of drug-likeness (QED) is 0.695. The molecule has 3 amide bonds. The Morgan fingerprint density at radius 2 is 1.85 bits per heavy atom. The van der Waals surface area contributed by atoms with E-state index < -0.39 is 23.1 Å². The Balaban J connectivity index is 2.05. The zero-order chi connectivity index (χ0) is 20.2. The van der Waals surface area contributed by atoms with Crippen LogP contribution in [-0.4, -0.2) is 29.9 Å². The molecule has 0 aromatic heterocycles. The SMILES string of the molecule is Cc1cc(N(C(N)=O)C(F)(F)F)ccc1CCNC(=O)c1ccccc1O. The summed E-state index contributed by atoms with van der Waals surface area (Å²) < 4.78 is 38.8. The molecular weight excluding hydrogens is 363 g/mol. The number of halogens is 3. The number of alkyl halides is 3. The van der Waals surface area contributed by atoms with Crippen molar-refractivity contribution < 1.29 is 27.9 Å². The molecule has 0 spiro atoms. The van der Waals surface area contributed by atoms with E-state index >= 15 is 0 Å². The molecule has 0 fully saturated rings. The van der Waals surface area contributed by atoms with Crippen molar-refractivity contribution in [2.45, 2.75) is 19.6 Å². The lowest BCUT2D eigenvalue weighted by molar-refractivity contribution is -0.120. The third kappa shape index (κ3) is 4.90. The third-order valence-electron chi connectivity index (χ3n) is 3.89. The van der Waals surface area contributed by atoms with Crippen molar-refractivity contribution in [3.8, 4) is 5.75 Å². The van der Waals surface area contributed by atoms with Crippen molar-refractivity contribution in [3.63, 3.8) is 0 Å². The van der Waals surface area contributed by atoms with E-state index in [0.717, 1.165) is 6.07 Å². The molecular formula is C18H18F3N3O3. The summed E-state index contributed by atoms with van der Waals surface area (Å²) in [6, 6.07) is 8.24. The molecule has 0 aliphatic rings. The number of hydrogen-bond acceptors (Lipinski definition) is 3. The van der Waals surface area contributed by atoms with Gasteiger partial charge in [0.2, 0.25) is 0 Å². The second-order valence-electron chi connectivity index (χ2n) is 5.78. The summed E-state index contributed by atoms with van der Waals surface area (Å²) in [6.45, 7) is 1.81. The Kier molecular flexibility index (Phi) is 5.94. The molecule has 0 saturated carbocycles. The Bertz CT molecular complexity index is 853. The number of nitrogens with zero attached hydrogens (tertiary/aromatic N) is 1. The minimum Gasteiger partial charge on any atom is -0.507 e. The van der Waals surface area contributed by atoms with Crippen molar-refractivity contribution >= 4 is 17.6 Å². The van der Waals surface area contributed by atoms with Crippen LogP contribution in [0.25, 0.3) is 0 Å². The molecule has 0 unspecified atom stereocenters. The number of aryl methyl sites for hydroxylation is 1. The lowest BCUT2D eigenvalue weighted by Gasteiger charge is -2.23. The molecule has 0 atom stereocenters. The zero-order valence-electron chi connectivity index (χ0n) is 14.4. The summed E-state index contributed by atoms with van der Waals surface area (Å²) in [7, 11) is 0. The van der Waals surface area contributed by atoms with E-state index in [9.17, 15) is 27.9 Å². The fraction of sp³-hybridized carbons (Fsp3) is 0.222. The van der Waals surface area contributed by atoms with Crippen LogP contribution in [0, 0.1) is 6.92 Å². The smallest absolute Gasteiger partial charge is 0.493 e. The van der Waals surface area contributed by atoms with Gasteiger partial charge in [0.05, 0.1) is 11.3 Å². The van der Waals surface area contributed by atoms with E-state index in [2.05, 4.69) is 5.32 Å². The Morgan fingerprint density at radius 1 is 1.19 bits per heavy atom. The second kappa shape index (κ2) is 7.98. The van der Waals surface area contributed by atoms with E-state index in [0.29, 0.717) is 17.5 Å². The molecule has 0 aliphatic heterocycles. The molecule has 144 valence electrons. The fourth-order valence-corrected chi connectivity index (χ4v) is 2.57. The number of nitrogens with two attached hydrogens (primary N) is 1. The fourth-order valence-electron chi connectivity index (χ4n) is 2.57. The maximum Gasteiger partial charge on any atom is 0.493 e. The third-order valence-corrected chi connectivity index (χ3v) is 3.89. The van der Waals surface area contributed by atoms with Crippen LogP contribution in [-0.2, 0) is 6.42 Å². The highest BCUT2D eigenvalue weighted by Gasteiger charge is 2.41. The van der Waals surface area contributed by atoms with E-state index in [4.69, 9.17) is 5.73 Å². The number of hydrogen-bond donors (Lipinski definition) is 3. The van der Waals surface area contributed by atoms with Crippen molar-refractivity contribution in [1.29, 1.82) is 0 Å². The summed E-state index contributed by atoms with van der Waals surface area (Å²) in [4.78, 5) is 22.7.